The highest BCUT2D eigenvalue weighted by atomic mass is 32.2. The molecule has 4 rings (SSSR count). The highest BCUT2D eigenvalue weighted by Crippen LogP contribution is 2.21. The van der Waals surface area contributed by atoms with Gasteiger partial charge in [-0.25, -0.2) is 4.79 Å². The molecule has 2 heterocycles. The Labute approximate surface area is 282 Å². The Bertz CT molecular complexity index is 1750. The molecule has 0 fully saturated rings. The van der Waals surface area contributed by atoms with Crippen LogP contribution in [0.5, 0.6) is 0 Å². The van der Waals surface area contributed by atoms with Crippen LogP contribution >= 0.6 is 11.8 Å². The molecule has 0 aliphatic rings. The van der Waals surface area contributed by atoms with Gasteiger partial charge in [0.1, 0.15) is 18.1 Å². The summed E-state index contributed by atoms with van der Waals surface area (Å²) in [6.45, 7) is 0.180. The van der Waals surface area contributed by atoms with Crippen molar-refractivity contribution in [3.63, 3.8) is 0 Å². The number of carboxylic acid groups (broad SMARTS) is 1. The van der Waals surface area contributed by atoms with Crippen LogP contribution in [0.2, 0.25) is 0 Å². The third-order valence-electron chi connectivity index (χ3n) is 7.99. The Hall–Kier alpha value is -5.02. The molecule has 0 spiro atoms. The first-order valence-corrected chi connectivity index (χ1v) is 17.0. The predicted octanol–water partition coefficient (Wildman–Crippen LogP) is 1.11. The van der Waals surface area contributed by atoms with Crippen molar-refractivity contribution in [3.05, 3.63) is 72.1 Å². The van der Waals surface area contributed by atoms with Crippen LogP contribution in [0.15, 0.2) is 65.9 Å². The van der Waals surface area contributed by atoms with Gasteiger partial charge in [0, 0.05) is 53.6 Å². The minimum Gasteiger partial charge on any atom is -0.480 e. The average molecular weight is 678 g/mol. The zero-order chi connectivity index (χ0) is 34.6. The quantitative estimate of drug-likeness (QED) is 0.0415. The fourth-order valence-electron chi connectivity index (χ4n) is 5.42. The number of aliphatic carboxylic acids is 1. The van der Waals surface area contributed by atoms with Crippen molar-refractivity contribution in [2.75, 3.05) is 18.6 Å². The number of aromatic amines is 2. The van der Waals surface area contributed by atoms with Crippen molar-refractivity contribution in [2.24, 2.45) is 22.2 Å². The molecule has 4 atom stereocenters. The van der Waals surface area contributed by atoms with Crippen LogP contribution in [0.1, 0.15) is 30.4 Å². The topological polar surface area (TPSA) is 247 Å². The first-order valence-electron chi connectivity index (χ1n) is 15.6. The Morgan fingerprint density at radius 1 is 0.792 bits per heavy atom. The summed E-state index contributed by atoms with van der Waals surface area (Å²) in [5.74, 6) is -2.52. The predicted molar refractivity (Wildman–Crippen MR) is 188 cm³/mol. The van der Waals surface area contributed by atoms with Gasteiger partial charge < -0.3 is 48.2 Å². The van der Waals surface area contributed by atoms with E-state index in [9.17, 15) is 24.3 Å². The van der Waals surface area contributed by atoms with Crippen molar-refractivity contribution >= 4 is 63.2 Å². The van der Waals surface area contributed by atoms with Crippen LogP contribution in [-0.4, -0.2) is 87.4 Å². The van der Waals surface area contributed by atoms with E-state index in [2.05, 4.69) is 30.9 Å². The van der Waals surface area contributed by atoms with E-state index in [1.54, 1.807) is 24.2 Å². The number of nitrogens with zero attached hydrogens (tertiary/aromatic N) is 1. The molecule has 0 aliphatic carbocycles. The number of carbonyl (C=O) groups is 4. The molecule has 0 saturated carbocycles. The van der Waals surface area contributed by atoms with Gasteiger partial charge in [0.05, 0.1) is 6.04 Å². The number of para-hydroxylation sites is 2. The number of guanidine groups is 1. The maximum Gasteiger partial charge on any atom is 0.326 e. The molecular weight excluding hydrogens is 634 g/mol. The molecule has 15 heteroatoms. The van der Waals surface area contributed by atoms with Crippen molar-refractivity contribution in [1.82, 2.24) is 25.9 Å². The molecule has 48 heavy (non-hydrogen) atoms. The highest BCUT2D eigenvalue weighted by molar-refractivity contribution is 7.98. The van der Waals surface area contributed by atoms with E-state index in [0.717, 1.165) is 27.4 Å². The van der Waals surface area contributed by atoms with Gasteiger partial charge in [0.25, 0.3) is 0 Å². The molecule has 0 aliphatic heterocycles. The molecule has 3 amide bonds. The summed E-state index contributed by atoms with van der Waals surface area (Å²) in [5, 5.41) is 19.9. The Morgan fingerprint density at radius 2 is 1.31 bits per heavy atom. The lowest BCUT2D eigenvalue weighted by atomic mass is 10.0. The second-order valence-corrected chi connectivity index (χ2v) is 12.5. The van der Waals surface area contributed by atoms with Gasteiger partial charge >= 0.3 is 5.97 Å². The molecule has 12 N–H and O–H groups in total. The number of aromatic nitrogens is 2. The van der Waals surface area contributed by atoms with Gasteiger partial charge in [-0.05, 0) is 54.5 Å². The van der Waals surface area contributed by atoms with Crippen LogP contribution < -0.4 is 33.2 Å². The molecular formula is C33H43N9O5S. The van der Waals surface area contributed by atoms with E-state index in [4.69, 9.17) is 17.2 Å². The van der Waals surface area contributed by atoms with Gasteiger partial charge in [-0.15, -0.1) is 0 Å². The molecule has 2 aromatic heterocycles. The van der Waals surface area contributed by atoms with Crippen molar-refractivity contribution in [3.8, 4) is 0 Å². The van der Waals surface area contributed by atoms with Gasteiger partial charge in [0.15, 0.2) is 5.96 Å². The van der Waals surface area contributed by atoms with E-state index in [1.807, 2.05) is 54.8 Å². The van der Waals surface area contributed by atoms with Crippen LogP contribution in [-0.2, 0) is 32.0 Å². The van der Waals surface area contributed by atoms with Crippen LogP contribution in [0.25, 0.3) is 21.8 Å². The molecule has 256 valence electrons. The van der Waals surface area contributed by atoms with Gasteiger partial charge in [0.2, 0.25) is 17.7 Å². The molecule has 0 saturated heterocycles. The molecule has 0 radical (unpaired) electrons. The third kappa shape index (κ3) is 9.75. The summed E-state index contributed by atoms with van der Waals surface area (Å²) in [6, 6.07) is 10.6. The normalized spacial score (nSPS) is 13.7. The number of nitrogens with one attached hydrogen (secondary N) is 5. The van der Waals surface area contributed by atoms with E-state index in [-0.39, 0.29) is 31.8 Å². The van der Waals surface area contributed by atoms with Crippen LogP contribution in [0.3, 0.4) is 0 Å². The smallest absolute Gasteiger partial charge is 0.326 e. The zero-order valence-corrected chi connectivity index (χ0v) is 27.5. The van der Waals surface area contributed by atoms with Gasteiger partial charge in [-0.3, -0.25) is 19.4 Å². The van der Waals surface area contributed by atoms with E-state index in [1.165, 1.54) is 0 Å². The number of aliphatic imine (C=N–C) groups is 1. The monoisotopic (exact) mass is 677 g/mol. The van der Waals surface area contributed by atoms with E-state index in [0.29, 0.717) is 24.2 Å². The molecule has 0 bridgehead atoms. The van der Waals surface area contributed by atoms with E-state index < -0.39 is 47.9 Å². The zero-order valence-electron chi connectivity index (χ0n) is 26.7. The lowest BCUT2D eigenvalue weighted by Gasteiger charge is -2.25. The number of carboxylic acids is 1. The number of hydrogen-bond acceptors (Lipinski definition) is 7. The molecule has 4 unspecified atom stereocenters. The molecule has 14 nitrogen and oxygen atoms in total. The second-order valence-electron chi connectivity index (χ2n) is 11.5. The fourth-order valence-corrected chi connectivity index (χ4v) is 5.91. The number of carbonyl (C=O) groups excluding carboxylic acids is 3. The number of nitrogens with two attached hydrogens (primary N) is 3. The summed E-state index contributed by atoms with van der Waals surface area (Å²) in [6.07, 6.45) is 6.31. The molecule has 2 aromatic carbocycles. The Morgan fingerprint density at radius 3 is 1.88 bits per heavy atom. The number of thioether (sulfide) groups is 1. The fraction of sp³-hybridized carbons (Fsp3) is 0.364. The van der Waals surface area contributed by atoms with Crippen LogP contribution in [0.4, 0.5) is 0 Å². The number of hydrogen-bond donors (Lipinski definition) is 9. The Balaban J connectivity index is 1.56. The lowest BCUT2D eigenvalue weighted by Crippen LogP contribution is -2.57. The molecule has 4 aromatic rings. The second kappa shape index (κ2) is 17.2. The van der Waals surface area contributed by atoms with E-state index >= 15 is 0 Å². The van der Waals surface area contributed by atoms with Crippen molar-refractivity contribution < 1.29 is 24.3 Å². The summed E-state index contributed by atoms with van der Waals surface area (Å²) in [4.78, 5) is 63.2. The largest absolute Gasteiger partial charge is 0.480 e. The van der Waals surface area contributed by atoms with Crippen LogP contribution in [0, 0.1) is 0 Å². The maximum atomic E-state index is 13.9. The first-order chi connectivity index (χ1) is 23.1. The Kier molecular flexibility index (Phi) is 12.9. The first kappa shape index (κ1) is 35.8. The summed E-state index contributed by atoms with van der Waals surface area (Å²) in [5.41, 5.74) is 20.2. The minimum atomic E-state index is -1.29. The van der Waals surface area contributed by atoms with Crippen molar-refractivity contribution in [1.29, 1.82) is 0 Å². The number of benzene rings is 2. The maximum absolute atomic E-state index is 13.9. The minimum absolute atomic E-state index is 0.00688. The van der Waals surface area contributed by atoms with Crippen molar-refractivity contribution in [2.45, 2.75) is 56.3 Å². The number of fused-ring (bicyclic) bond motifs is 2. The summed E-state index contributed by atoms with van der Waals surface area (Å²) in [7, 11) is 0. The summed E-state index contributed by atoms with van der Waals surface area (Å²) < 4.78 is 0. The van der Waals surface area contributed by atoms with Gasteiger partial charge in [-0.2, -0.15) is 11.8 Å². The summed E-state index contributed by atoms with van der Waals surface area (Å²) >= 11 is 1.55. The lowest BCUT2D eigenvalue weighted by molar-refractivity contribution is -0.142. The van der Waals surface area contributed by atoms with Gasteiger partial charge in [-0.1, -0.05) is 36.4 Å². The number of H-pyrrole nitrogens is 2. The standard InChI is InChI=1S/C33H43N9O5S/c1-48-14-12-23(34)29(43)41-27(15-19-17-38-24-9-4-2-7-21(19)24)31(45)40-26(11-6-13-37-33(35)36)30(44)42-28(32(46)47)16-20-18-39-25-10-5-3-8-22(20)25/h2-5,7-10,17-18,23,26-28,38-39H,6,11-16,34H2,1H3,(H,40,45)(H,41,43)(H,42,44)(H,46,47)(H4,35,36,37). The number of rotatable bonds is 18. The SMILES string of the molecule is CSCCC(N)C(=O)NC(Cc1c[nH]c2ccccc12)C(=O)NC(CCCN=C(N)N)C(=O)NC(Cc1c[nH]c2ccccc12)C(=O)O. The highest BCUT2D eigenvalue weighted by Gasteiger charge is 2.31. The average Bonchev–Trinajstić information content (AvgIpc) is 3.67. The third-order valence-corrected chi connectivity index (χ3v) is 8.64. The number of amides is 3.